The van der Waals surface area contributed by atoms with E-state index in [1.165, 1.54) is 18.4 Å². The van der Waals surface area contributed by atoms with E-state index in [1.54, 1.807) is 41.2 Å². The van der Waals surface area contributed by atoms with Gasteiger partial charge in [-0.3, -0.25) is 4.79 Å². The predicted octanol–water partition coefficient (Wildman–Crippen LogP) is 6.46. The highest BCUT2D eigenvalue weighted by atomic mass is 35.5. The number of anilines is 1. The van der Waals surface area contributed by atoms with Gasteiger partial charge in [0, 0.05) is 5.56 Å². The van der Waals surface area contributed by atoms with E-state index >= 15 is 0 Å². The van der Waals surface area contributed by atoms with Crippen LogP contribution in [0.25, 0.3) is 16.7 Å². The molecule has 33 heavy (non-hydrogen) atoms. The molecule has 1 amide bonds. The van der Waals surface area contributed by atoms with E-state index in [-0.39, 0.29) is 5.91 Å². The highest BCUT2D eigenvalue weighted by Gasteiger charge is 2.13. The number of aryl methyl sites for hydroxylation is 1. The molecule has 0 fully saturated rings. The van der Waals surface area contributed by atoms with Crippen molar-refractivity contribution in [2.24, 2.45) is 0 Å². The van der Waals surface area contributed by atoms with E-state index in [1.807, 2.05) is 19.1 Å². The van der Waals surface area contributed by atoms with E-state index in [4.69, 9.17) is 16.3 Å². The minimum atomic E-state index is -0.256. The van der Waals surface area contributed by atoms with Gasteiger partial charge in [-0.15, -0.1) is 10.2 Å². The van der Waals surface area contributed by atoms with Gasteiger partial charge in [0.05, 0.1) is 23.0 Å². The van der Waals surface area contributed by atoms with Gasteiger partial charge in [0.25, 0.3) is 5.91 Å². The number of carbonyl (C=O) groups excluding carboxylic acids is 1. The lowest BCUT2D eigenvalue weighted by Crippen LogP contribution is -2.12. The number of nitrogens with one attached hydrogen (secondary N) is 1. The second-order valence-corrected chi connectivity index (χ2v) is 8.31. The van der Waals surface area contributed by atoms with Crippen molar-refractivity contribution < 1.29 is 9.53 Å². The summed E-state index contributed by atoms with van der Waals surface area (Å²) in [5.74, 6) is 0.483. The van der Waals surface area contributed by atoms with E-state index in [9.17, 15) is 4.79 Å². The molecule has 0 saturated carbocycles. The molecule has 3 aromatic carbocycles. The first-order chi connectivity index (χ1) is 16.1. The van der Waals surface area contributed by atoms with Crippen LogP contribution >= 0.6 is 11.6 Å². The zero-order valence-electron chi connectivity index (χ0n) is 18.8. The fourth-order valence-corrected chi connectivity index (χ4v) is 3.65. The molecule has 0 bridgehead atoms. The van der Waals surface area contributed by atoms with Crippen LogP contribution in [0.5, 0.6) is 5.75 Å². The van der Waals surface area contributed by atoms with Gasteiger partial charge in [-0.05, 0) is 73.4 Å². The molecule has 170 valence electrons. The lowest BCUT2D eigenvalue weighted by Gasteiger charge is -2.08. The van der Waals surface area contributed by atoms with Crippen LogP contribution < -0.4 is 10.1 Å². The Morgan fingerprint density at radius 1 is 0.970 bits per heavy atom. The molecule has 0 aliphatic carbocycles. The number of halogens is 1. The Bertz CT molecular complexity index is 1230. The second kappa shape index (κ2) is 10.5. The number of amides is 1. The van der Waals surface area contributed by atoms with Gasteiger partial charge in [0.2, 0.25) is 0 Å². The van der Waals surface area contributed by atoms with Crippen molar-refractivity contribution in [3.63, 3.8) is 0 Å². The Morgan fingerprint density at radius 2 is 1.67 bits per heavy atom. The zero-order chi connectivity index (χ0) is 23.2. The van der Waals surface area contributed by atoms with Crippen LogP contribution in [0, 0.1) is 0 Å². The topological polar surface area (TPSA) is 69.0 Å². The number of benzene rings is 3. The number of unbranched alkanes of at least 4 members (excludes halogenated alkanes) is 1. The molecule has 4 rings (SSSR count). The van der Waals surface area contributed by atoms with Gasteiger partial charge < -0.3 is 10.1 Å². The molecule has 0 unspecified atom stereocenters. The fourth-order valence-electron chi connectivity index (χ4n) is 3.44. The normalized spacial score (nSPS) is 11.0. The number of nitrogens with zero attached hydrogens (tertiary/aromatic N) is 3. The lowest BCUT2D eigenvalue weighted by molar-refractivity contribution is 0.102. The Hall–Kier alpha value is -3.38. The summed E-state index contributed by atoms with van der Waals surface area (Å²) in [7, 11) is 0. The first kappa shape index (κ1) is 22.8. The van der Waals surface area contributed by atoms with Crippen molar-refractivity contribution in [1.82, 2.24) is 15.0 Å². The van der Waals surface area contributed by atoms with Crippen LogP contribution in [0.1, 0.15) is 49.0 Å². The molecule has 4 aromatic rings. The van der Waals surface area contributed by atoms with E-state index < -0.39 is 0 Å². The predicted molar refractivity (Wildman–Crippen MR) is 133 cm³/mol. The van der Waals surface area contributed by atoms with Gasteiger partial charge in [0.15, 0.2) is 0 Å². The quantitative estimate of drug-likeness (QED) is 0.310. The molecule has 0 spiro atoms. The summed E-state index contributed by atoms with van der Waals surface area (Å²) in [4.78, 5) is 14.3. The maximum atomic E-state index is 12.7. The van der Waals surface area contributed by atoms with E-state index in [2.05, 4.69) is 34.6 Å². The smallest absolute Gasteiger partial charge is 0.255 e. The molecule has 0 radical (unpaired) electrons. The number of carbonyl (C=O) groups is 1. The van der Waals surface area contributed by atoms with Crippen molar-refractivity contribution in [1.29, 1.82) is 0 Å². The summed E-state index contributed by atoms with van der Waals surface area (Å²) < 4.78 is 5.57. The highest BCUT2D eigenvalue weighted by Crippen LogP contribution is 2.28. The van der Waals surface area contributed by atoms with Gasteiger partial charge in [-0.1, -0.05) is 44.0 Å². The molecular formula is C26H27ClN4O2. The largest absolute Gasteiger partial charge is 0.494 e. The van der Waals surface area contributed by atoms with Crippen LogP contribution in [0.4, 0.5) is 5.69 Å². The van der Waals surface area contributed by atoms with Crippen LogP contribution in [-0.2, 0) is 6.42 Å². The maximum absolute atomic E-state index is 12.7. The first-order valence-electron chi connectivity index (χ1n) is 11.3. The highest BCUT2D eigenvalue weighted by molar-refractivity contribution is 6.34. The Kier molecular flexibility index (Phi) is 7.25. The molecule has 0 aliphatic rings. The third-order valence-corrected chi connectivity index (χ3v) is 5.61. The number of aromatic nitrogens is 3. The molecule has 7 heteroatoms. The fraction of sp³-hybridized carbons (Fsp3) is 0.269. The van der Waals surface area contributed by atoms with Crippen molar-refractivity contribution in [2.75, 3.05) is 11.9 Å². The van der Waals surface area contributed by atoms with Gasteiger partial charge in [-0.25, -0.2) is 0 Å². The molecule has 0 aliphatic heterocycles. The molecule has 6 nitrogen and oxygen atoms in total. The lowest BCUT2D eigenvalue weighted by atomic mass is 10.1. The third kappa shape index (κ3) is 5.52. The number of hydrogen-bond acceptors (Lipinski definition) is 4. The SMILES string of the molecule is CCCCc1ccc(-n2nc3cc(Cl)c(NC(=O)c4ccc(OCCC)cc4)cc3n2)cc1. The Balaban J connectivity index is 1.51. The number of fused-ring (bicyclic) bond motifs is 1. The summed E-state index contributed by atoms with van der Waals surface area (Å²) in [5, 5.41) is 12.4. The van der Waals surface area contributed by atoms with Crippen LogP contribution in [0.2, 0.25) is 5.02 Å². The number of ether oxygens (including phenoxy) is 1. The van der Waals surface area contributed by atoms with Crippen LogP contribution in [0.15, 0.2) is 60.7 Å². The molecule has 0 saturated heterocycles. The monoisotopic (exact) mass is 462 g/mol. The third-order valence-electron chi connectivity index (χ3n) is 5.29. The summed E-state index contributed by atoms with van der Waals surface area (Å²) in [6.07, 6.45) is 4.34. The Labute approximate surface area is 198 Å². The van der Waals surface area contributed by atoms with Crippen molar-refractivity contribution in [3.05, 3.63) is 76.8 Å². The van der Waals surface area contributed by atoms with Crippen molar-refractivity contribution in [2.45, 2.75) is 39.5 Å². The number of hydrogen-bond donors (Lipinski definition) is 1. The minimum Gasteiger partial charge on any atom is -0.494 e. The summed E-state index contributed by atoms with van der Waals surface area (Å²) in [6, 6.07) is 18.7. The molecular weight excluding hydrogens is 436 g/mol. The average Bonchev–Trinajstić information content (AvgIpc) is 3.25. The minimum absolute atomic E-state index is 0.256. The van der Waals surface area contributed by atoms with Crippen molar-refractivity contribution >= 4 is 34.2 Å². The first-order valence-corrected chi connectivity index (χ1v) is 11.6. The second-order valence-electron chi connectivity index (χ2n) is 7.91. The summed E-state index contributed by atoms with van der Waals surface area (Å²) in [5.41, 5.74) is 4.48. The molecule has 1 aromatic heterocycles. The zero-order valence-corrected chi connectivity index (χ0v) is 19.6. The van der Waals surface area contributed by atoms with Gasteiger partial charge >= 0.3 is 0 Å². The Morgan fingerprint density at radius 3 is 2.33 bits per heavy atom. The number of rotatable bonds is 9. The van der Waals surface area contributed by atoms with Gasteiger partial charge in [-0.2, -0.15) is 4.80 Å². The van der Waals surface area contributed by atoms with Gasteiger partial charge in [0.1, 0.15) is 16.8 Å². The van der Waals surface area contributed by atoms with Crippen LogP contribution in [-0.4, -0.2) is 27.5 Å². The summed E-state index contributed by atoms with van der Waals surface area (Å²) >= 11 is 6.43. The maximum Gasteiger partial charge on any atom is 0.255 e. The molecule has 1 N–H and O–H groups in total. The standard InChI is InChI=1S/C26H27ClN4O2/c1-3-5-6-18-7-11-20(12-8-18)31-29-24-16-22(27)23(17-25(24)30-31)28-26(32)19-9-13-21(14-10-19)33-15-4-2/h7-14,16-17H,3-6,15H2,1-2H3,(H,28,32). The van der Waals surface area contributed by atoms with Crippen LogP contribution in [0.3, 0.4) is 0 Å². The average molecular weight is 463 g/mol. The summed E-state index contributed by atoms with van der Waals surface area (Å²) in [6.45, 7) is 4.88. The van der Waals surface area contributed by atoms with E-state index in [0.29, 0.717) is 33.9 Å². The molecule has 0 atom stereocenters. The molecule has 1 heterocycles. The van der Waals surface area contributed by atoms with Crippen molar-refractivity contribution in [3.8, 4) is 11.4 Å². The van der Waals surface area contributed by atoms with E-state index in [0.717, 1.165) is 24.3 Å².